The molecule has 0 spiro atoms. The van der Waals surface area contributed by atoms with E-state index in [9.17, 15) is 18.0 Å². The van der Waals surface area contributed by atoms with Crippen LogP contribution in [0.15, 0.2) is 65.5 Å². The summed E-state index contributed by atoms with van der Waals surface area (Å²) in [6.07, 6.45) is -2.86. The summed E-state index contributed by atoms with van der Waals surface area (Å²) in [5, 5.41) is 4.25. The van der Waals surface area contributed by atoms with Crippen LogP contribution >= 0.6 is 0 Å². The summed E-state index contributed by atoms with van der Waals surface area (Å²) in [4.78, 5) is 19.9. The highest BCUT2D eigenvalue weighted by Gasteiger charge is 2.45. The van der Waals surface area contributed by atoms with Crippen LogP contribution in [-0.2, 0) is 22.9 Å². The molecule has 2 heterocycles. The molecule has 1 saturated carbocycles. The molecule has 0 amide bonds. The van der Waals surface area contributed by atoms with Crippen LogP contribution in [0.25, 0.3) is 17.2 Å². The number of hydrogen-bond donors (Lipinski definition) is 1. The van der Waals surface area contributed by atoms with Crippen molar-refractivity contribution in [3.63, 3.8) is 0 Å². The first kappa shape index (κ1) is 20.4. The van der Waals surface area contributed by atoms with Gasteiger partial charge in [0.2, 0.25) is 5.78 Å². The maximum atomic E-state index is 13.0. The monoisotopic (exact) mass is 440 g/mol. The molecule has 1 fully saturated rings. The Morgan fingerprint density at radius 3 is 2.56 bits per heavy atom. The van der Waals surface area contributed by atoms with Gasteiger partial charge >= 0.3 is 6.18 Å². The molecular formula is C23H19F3N4O2. The number of nitrogens with one attached hydrogen (secondary N) is 1. The van der Waals surface area contributed by atoms with Crippen LogP contribution in [0.5, 0.6) is 0 Å². The number of H-pyrrole nitrogens is 1. The van der Waals surface area contributed by atoms with Crippen molar-refractivity contribution in [2.24, 2.45) is 0 Å². The highest BCUT2D eigenvalue weighted by atomic mass is 19.4. The maximum Gasteiger partial charge on any atom is 0.416 e. The smallest absolute Gasteiger partial charge is 0.374 e. The lowest BCUT2D eigenvalue weighted by atomic mass is 9.95. The van der Waals surface area contributed by atoms with E-state index in [1.165, 1.54) is 22.7 Å². The fourth-order valence-corrected chi connectivity index (χ4v) is 3.77. The number of fused-ring (bicyclic) bond motifs is 1. The zero-order valence-corrected chi connectivity index (χ0v) is 16.9. The molecule has 0 radical (unpaired) electrons. The Kier molecular flexibility index (Phi) is 4.85. The Bertz CT molecular complexity index is 1320. The number of nitrogens with zero attached hydrogens (tertiary/aromatic N) is 3. The number of alkyl halides is 3. The lowest BCUT2D eigenvalue weighted by Gasteiger charge is -2.18. The number of aromatic nitrogens is 4. The van der Waals surface area contributed by atoms with E-state index in [4.69, 9.17) is 4.74 Å². The van der Waals surface area contributed by atoms with Gasteiger partial charge in [0.25, 0.3) is 5.56 Å². The summed E-state index contributed by atoms with van der Waals surface area (Å²) < 4.78 is 46.1. The van der Waals surface area contributed by atoms with Gasteiger partial charge in [0.1, 0.15) is 0 Å². The Labute approximate surface area is 180 Å². The summed E-state index contributed by atoms with van der Waals surface area (Å²) >= 11 is 0. The van der Waals surface area contributed by atoms with Gasteiger partial charge < -0.3 is 9.72 Å². The van der Waals surface area contributed by atoms with Crippen LogP contribution in [0.2, 0.25) is 0 Å². The van der Waals surface area contributed by atoms with Crippen LogP contribution < -0.4 is 5.56 Å². The molecule has 0 bridgehead atoms. The van der Waals surface area contributed by atoms with Gasteiger partial charge in [-0.2, -0.15) is 22.7 Å². The average molecular weight is 440 g/mol. The molecule has 6 nitrogen and oxygen atoms in total. The summed E-state index contributed by atoms with van der Waals surface area (Å²) in [7, 11) is 0. The molecule has 0 unspecified atom stereocenters. The predicted octanol–water partition coefficient (Wildman–Crippen LogP) is 4.35. The highest BCUT2D eigenvalue weighted by molar-refractivity contribution is 5.56. The Balaban J connectivity index is 1.31. The van der Waals surface area contributed by atoms with Crippen LogP contribution in [0, 0.1) is 0 Å². The van der Waals surface area contributed by atoms with E-state index in [0.717, 1.165) is 24.5 Å². The first-order valence-electron chi connectivity index (χ1n) is 10.1. The molecule has 5 rings (SSSR count). The number of hydrogen-bond acceptors (Lipinski definition) is 4. The second-order valence-electron chi connectivity index (χ2n) is 8.02. The van der Waals surface area contributed by atoms with Crippen molar-refractivity contribution in [2.45, 2.75) is 31.0 Å². The molecule has 0 saturated heterocycles. The number of benzene rings is 2. The zero-order chi connectivity index (χ0) is 22.3. The van der Waals surface area contributed by atoms with E-state index in [2.05, 4.69) is 15.1 Å². The normalized spacial score (nSPS) is 15.2. The third kappa shape index (κ3) is 3.91. The van der Waals surface area contributed by atoms with Crippen LogP contribution in [-0.4, -0.2) is 26.2 Å². The van der Waals surface area contributed by atoms with Crippen molar-refractivity contribution in [3.05, 3.63) is 87.8 Å². The fourth-order valence-electron chi connectivity index (χ4n) is 3.77. The average Bonchev–Trinajstić information content (AvgIpc) is 3.44. The number of rotatable bonds is 6. The largest absolute Gasteiger partial charge is 0.416 e. The molecule has 4 aromatic rings. The van der Waals surface area contributed by atoms with Gasteiger partial charge in [-0.1, -0.05) is 48.5 Å². The third-order valence-electron chi connectivity index (χ3n) is 5.71. The molecule has 2 aromatic carbocycles. The fraction of sp³-hybridized carbons (Fsp3) is 0.261. The van der Waals surface area contributed by atoms with Crippen LogP contribution in [0.1, 0.15) is 29.7 Å². The van der Waals surface area contributed by atoms with Crippen LogP contribution in [0.4, 0.5) is 13.2 Å². The quantitative estimate of drug-likeness (QED) is 0.484. The minimum Gasteiger partial charge on any atom is -0.374 e. The SMILES string of the molecule is O=c1cc(COCC2(c3cccc(C(F)(F)F)c3)CC2)[nH]c2nc(-c3ccccc3)nn12. The van der Waals surface area contributed by atoms with E-state index in [1.54, 1.807) is 6.07 Å². The Morgan fingerprint density at radius 2 is 1.84 bits per heavy atom. The standard InChI is InChI=1S/C23H19F3N4O2/c24-23(25,26)17-8-4-7-16(11-17)22(9-10-22)14-32-13-18-12-19(31)30-21(27-18)28-20(29-30)15-5-2-1-3-6-15/h1-8,11-12H,9-10,13-14H2,(H,27,28,29). The van der Waals surface area contributed by atoms with Crippen molar-refractivity contribution in [1.29, 1.82) is 0 Å². The van der Waals surface area contributed by atoms with Gasteiger partial charge in [-0.15, -0.1) is 5.10 Å². The van der Waals surface area contributed by atoms with E-state index >= 15 is 0 Å². The van der Waals surface area contributed by atoms with E-state index in [0.29, 0.717) is 22.9 Å². The van der Waals surface area contributed by atoms with E-state index < -0.39 is 17.2 Å². The van der Waals surface area contributed by atoms with Gasteiger partial charge in [-0.05, 0) is 24.5 Å². The molecule has 1 aliphatic carbocycles. The van der Waals surface area contributed by atoms with Crippen molar-refractivity contribution in [2.75, 3.05) is 6.61 Å². The van der Waals surface area contributed by atoms with E-state index in [-0.39, 0.29) is 18.8 Å². The van der Waals surface area contributed by atoms with Crippen molar-refractivity contribution < 1.29 is 17.9 Å². The Morgan fingerprint density at radius 1 is 1.06 bits per heavy atom. The third-order valence-corrected chi connectivity index (χ3v) is 5.71. The lowest BCUT2D eigenvalue weighted by molar-refractivity contribution is -0.137. The molecule has 9 heteroatoms. The second kappa shape index (κ2) is 7.59. The summed E-state index contributed by atoms with van der Waals surface area (Å²) in [6, 6.07) is 16.1. The highest BCUT2D eigenvalue weighted by Crippen LogP contribution is 2.49. The molecular weight excluding hydrogens is 421 g/mol. The molecule has 2 aromatic heterocycles. The second-order valence-corrected chi connectivity index (χ2v) is 8.02. The van der Waals surface area contributed by atoms with Gasteiger partial charge in [-0.25, -0.2) is 0 Å². The van der Waals surface area contributed by atoms with Gasteiger partial charge in [0.15, 0.2) is 5.82 Å². The summed E-state index contributed by atoms with van der Waals surface area (Å²) in [5.41, 5.74) is 0.526. The van der Waals surface area contributed by atoms with Gasteiger partial charge in [-0.3, -0.25) is 4.79 Å². The van der Waals surface area contributed by atoms with Gasteiger partial charge in [0, 0.05) is 22.7 Å². The molecule has 1 N–H and O–H groups in total. The molecule has 32 heavy (non-hydrogen) atoms. The molecule has 164 valence electrons. The first-order valence-corrected chi connectivity index (χ1v) is 10.1. The molecule has 0 aliphatic heterocycles. The van der Waals surface area contributed by atoms with Crippen molar-refractivity contribution in [3.8, 4) is 11.4 Å². The summed E-state index contributed by atoms with van der Waals surface area (Å²) in [6.45, 7) is 0.378. The Hall–Kier alpha value is -3.46. The zero-order valence-electron chi connectivity index (χ0n) is 16.9. The van der Waals surface area contributed by atoms with Crippen LogP contribution in [0.3, 0.4) is 0 Å². The minimum absolute atomic E-state index is 0.111. The topological polar surface area (TPSA) is 72.3 Å². The number of aromatic amines is 1. The lowest BCUT2D eigenvalue weighted by Crippen LogP contribution is -2.19. The van der Waals surface area contributed by atoms with Gasteiger partial charge in [0.05, 0.1) is 18.8 Å². The molecule has 1 aliphatic rings. The van der Waals surface area contributed by atoms with Crippen molar-refractivity contribution in [1.82, 2.24) is 19.6 Å². The predicted molar refractivity (Wildman–Crippen MR) is 111 cm³/mol. The molecule has 0 atom stereocenters. The van der Waals surface area contributed by atoms with Crippen molar-refractivity contribution >= 4 is 5.78 Å². The number of halogens is 3. The summed E-state index contributed by atoms with van der Waals surface area (Å²) in [5.74, 6) is 0.729. The minimum atomic E-state index is -4.38. The number of ether oxygens (including phenoxy) is 1. The van der Waals surface area contributed by atoms with E-state index in [1.807, 2.05) is 30.3 Å². The maximum absolute atomic E-state index is 13.0. The first-order chi connectivity index (χ1) is 15.3.